The lowest BCUT2D eigenvalue weighted by Crippen LogP contribution is -2.58. The van der Waals surface area contributed by atoms with E-state index in [2.05, 4.69) is 5.32 Å². The standard InChI is InChI=1S/C26H32N4O7S/c1-26(2,3)37-25(33)29-15-20-22(16-29)36-21(24(32)30(20)14-17-7-5-4-6-8-17)13-23(31)28-18-9-11-19(12-10-18)38(27,34)35/h4-12,20-22H,13-16H2,1-3H3,(H,28,31)(H2,27,34,35). The van der Waals surface area contributed by atoms with Crippen LogP contribution in [0, 0.1) is 0 Å². The minimum Gasteiger partial charge on any atom is -0.444 e. The maximum Gasteiger partial charge on any atom is 0.410 e. The molecule has 0 spiro atoms. The summed E-state index contributed by atoms with van der Waals surface area (Å²) in [5, 5.41) is 7.77. The molecule has 2 aliphatic heterocycles. The summed E-state index contributed by atoms with van der Waals surface area (Å²) < 4.78 is 34.5. The highest BCUT2D eigenvalue weighted by molar-refractivity contribution is 7.89. The van der Waals surface area contributed by atoms with Gasteiger partial charge in [-0.1, -0.05) is 30.3 Å². The minimum atomic E-state index is -3.86. The van der Waals surface area contributed by atoms with Crippen LogP contribution in [0.15, 0.2) is 59.5 Å². The molecule has 3 unspecified atom stereocenters. The Hall–Kier alpha value is -3.48. The molecule has 12 heteroatoms. The molecule has 0 aliphatic carbocycles. The molecule has 2 aromatic rings. The molecule has 3 amide bonds. The van der Waals surface area contributed by atoms with E-state index >= 15 is 0 Å². The lowest BCUT2D eigenvalue weighted by atomic mass is 10.0. The Bertz CT molecular complexity index is 1290. The number of rotatable bonds is 6. The highest BCUT2D eigenvalue weighted by Crippen LogP contribution is 2.30. The van der Waals surface area contributed by atoms with Crippen molar-refractivity contribution in [1.29, 1.82) is 0 Å². The number of nitrogens with two attached hydrogens (primary N) is 1. The van der Waals surface area contributed by atoms with E-state index in [4.69, 9.17) is 14.6 Å². The van der Waals surface area contributed by atoms with Crippen molar-refractivity contribution in [3.8, 4) is 0 Å². The fourth-order valence-corrected chi connectivity index (χ4v) is 5.02. The third kappa shape index (κ3) is 6.69. The lowest BCUT2D eigenvalue weighted by molar-refractivity contribution is -0.169. The summed E-state index contributed by atoms with van der Waals surface area (Å²) in [7, 11) is -3.86. The third-order valence-corrected chi connectivity index (χ3v) is 7.15. The van der Waals surface area contributed by atoms with E-state index in [0.29, 0.717) is 12.2 Å². The van der Waals surface area contributed by atoms with Crippen LogP contribution < -0.4 is 10.5 Å². The number of ether oxygens (including phenoxy) is 2. The van der Waals surface area contributed by atoms with Gasteiger partial charge in [-0.05, 0) is 50.6 Å². The highest BCUT2D eigenvalue weighted by atomic mass is 32.2. The Kier molecular flexibility index (Phi) is 7.77. The van der Waals surface area contributed by atoms with Crippen molar-refractivity contribution in [2.75, 3.05) is 18.4 Å². The van der Waals surface area contributed by atoms with Gasteiger partial charge in [0, 0.05) is 18.8 Å². The maximum atomic E-state index is 13.5. The van der Waals surface area contributed by atoms with E-state index in [1.165, 1.54) is 29.2 Å². The van der Waals surface area contributed by atoms with Crippen LogP contribution in [0.5, 0.6) is 0 Å². The molecule has 3 atom stereocenters. The van der Waals surface area contributed by atoms with Crippen LogP contribution in [0.25, 0.3) is 0 Å². The number of morpholine rings is 1. The number of primary sulfonamides is 1. The van der Waals surface area contributed by atoms with Gasteiger partial charge >= 0.3 is 6.09 Å². The number of hydrogen-bond acceptors (Lipinski definition) is 7. The van der Waals surface area contributed by atoms with Gasteiger partial charge in [-0.3, -0.25) is 9.59 Å². The van der Waals surface area contributed by atoms with Gasteiger partial charge in [0.2, 0.25) is 15.9 Å². The Morgan fingerprint density at radius 1 is 1.08 bits per heavy atom. The first-order valence-electron chi connectivity index (χ1n) is 12.2. The normalized spacial score (nSPS) is 21.7. The molecule has 2 aliphatic rings. The van der Waals surface area contributed by atoms with Crippen molar-refractivity contribution >= 4 is 33.6 Å². The van der Waals surface area contributed by atoms with Crippen molar-refractivity contribution in [3.63, 3.8) is 0 Å². The van der Waals surface area contributed by atoms with Crippen LogP contribution in [-0.2, 0) is 35.6 Å². The van der Waals surface area contributed by atoms with Crippen LogP contribution in [0.2, 0.25) is 0 Å². The summed E-state index contributed by atoms with van der Waals surface area (Å²) in [4.78, 5) is 42.2. The molecule has 4 rings (SSSR count). The van der Waals surface area contributed by atoms with Crippen molar-refractivity contribution < 1.29 is 32.3 Å². The largest absolute Gasteiger partial charge is 0.444 e. The Balaban J connectivity index is 1.49. The number of nitrogens with one attached hydrogen (secondary N) is 1. The van der Waals surface area contributed by atoms with Crippen LogP contribution in [0.4, 0.5) is 10.5 Å². The van der Waals surface area contributed by atoms with E-state index in [-0.39, 0.29) is 36.4 Å². The number of likely N-dealkylation sites (tertiary alicyclic amines) is 1. The Labute approximate surface area is 221 Å². The topological polar surface area (TPSA) is 148 Å². The zero-order chi connectivity index (χ0) is 27.7. The van der Waals surface area contributed by atoms with Crippen molar-refractivity contribution in [1.82, 2.24) is 9.80 Å². The average molecular weight is 545 g/mol. The number of amides is 3. The number of benzene rings is 2. The molecular formula is C26H32N4O7S. The quantitative estimate of drug-likeness (QED) is 0.566. The van der Waals surface area contributed by atoms with E-state index in [1.807, 2.05) is 30.3 Å². The monoisotopic (exact) mass is 544 g/mol. The number of sulfonamides is 1. The van der Waals surface area contributed by atoms with E-state index in [0.717, 1.165) is 5.56 Å². The molecule has 3 N–H and O–H groups in total. The fourth-order valence-electron chi connectivity index (χ4n) is 4.50. The second kappa shape index (κ2) is 10.7. The second-order valence-corrected chi connectivity index (χ2v) is 12.0. The molecule has 0 radical (unpaired) electrons. The van der Waals surface area contributed by atoms with Crippen LogP contribution in [0.1, 0.15) is 32.8 Å². The molecule has 11 nitrogen and oxygen atoms in total. The van der Waals surface area contributed by atoms with Gasteiger partial charge in [0.15, 0.2) is 0 Å². The van der Waals surface area contributed by atoms with E-state index in [9.17, 15) is 22.8 Å². The molecule has 2 saturated heterocycles. The number of anilines is 1. The maximum absolute atomic E-state index is 13.5. The number of fused-ring (bicyclic) bond motifs is 1. The number of nitrogens with zero attached hydrogens (tertiary/aromatic N) is 2. The molecule has 38 heavy (non-hydrogen) atoms. The predicted molar refractivity (Wildman–Crippen MR) is 138 cm³/mol. The summed E-state index contributed by atoms with van der Waals surface area (Å²) in [5.41, 5.74) is 0.593. The first-order chi connectivity index (χ1) is 17.8. The summed E-state index contributed by atoms with van der Waals surface area (Å²) in [6, 6.07) is 14.5. The van der Waals surface area contributed by atoms with Crippen molar-refractivity contribution in [2.45, 2.75) is 62.5 Å². The van der Waals surface area contributed by atoms with Crippen molar-refractivity contribution in [3.05, 3.63) is 60.2 Å². The lowest BCUT2D eigenvalue weighted by Gasteiger charge is -2.40. The van der Waals surface area contributed by atoms with Gasteiger partial charge < -0.3 is 24.6 Å². The van der Waals surface area contributed by atoms with Crippen LogP contribution >= 0.6 is 0 Å². The average Bonchev–Trinajstić information content (AvgIpc) is 3.25. The summed E-state index contributed by atoms with van der Waals surface area (Å²) in [6.07, 6.45) is -2.28. The number of carbonyl (C=O) groups is 3. The Morgan fingerprint density at radius 2 is 1.74 bits per heavy atom. The molecule has 0 aromatic heterocycles. The molecule has 2 fully saturated rings. The molecule has 2 aromatic carbocycles. The third-order valence-electron chi connectivity index (χ3n) is 6.22. The first-order valence-corrected chi connectivity index (χ1v) is 13.8. The Morgan fingerprint density at radius 3 is 2.34 bits per heavy atom. The zero-order valence-corrected chi connectivity index (χ0v) is 22.3. The van der Waals surface area contributed by atoms with Crippen LogP contribution in [-0.4, -0.2) is 73.1 Å². The molecule has 0 saturated carbocycles. The summed E-state index contributed by atoms with van der Waals surface area (Å²) in [6.45, 7) is 6.14. The minimum absolute atomic E-state index is 0.0836. The predicted octanol–water partition coefficient (Wildman–Crippen LogP) is 2.08. The molecular weight excluding hydrogens is 512 g/mol. The summed E-state index contributed by atoms with van der Waals surface area (Å²) in [5.74, 6) is -0.826. The summed E-state index contributed by atoms with van der Waals surface area (Å²) >= 11 is 0. The van der Waals surface area contributed by atoms with Gasteiger partial charge in [0.1, 0.15) is 11.7 Å². The number of hydrogen-bond donors (Lipinski definition) is 2. The molecule has 0 bridgehead atoms. The fraction of sp³-hybridized carbons (Fsp3) is 0.423. The van der Waals surface area contributed by atoms with Gasteiger partial charge in [0.05, 0.1) is 30.0 Å². The number of carbonyl (C=O) groups excluding carboxylic acids is 3. The van der Waals surface area contributed by atoms with E-state index in [1.54, 1.807) is 25.7 Å². The van der Waals surface area contributed by atoms with Gasteiger partial charge in [0.25, 0.3) is 5.91 Å². The van der Waals surface area contributed by atoms with Gasteiger partial charge in [-0.2, -0.15) is 0 Å². The zero-order valence-electron chi connectivity index (χ0n) is 21.5. The van der Waals surface area contributed by atoms with Crippen molar-refractivity contribution in [2.24, 2.45) is 5.14 Å². The molecule has 2 heterocycles. The van der Waals surface area contributed by atoms with Gasteiger partial charge in [-0.15, -0.1) is 0 Å². The molecule has 204 valence electrons. The SMILES string of the molecule is CC(C)(C)OC(=O)N1CC2OC(CC(=O)Nc3ccc(S(N)(=O)=O)cc3)C(=O)N(Cc3ccccc3)C2C1. The first kappa shape index (κ1) is 27.6. The smallest absolute Gasteiger partial charge is 0.410 e. The van der Waals surface area contributed by atoms with E-state index < -0.39 is 39.8 Å². The highest BCUT2D eigenvalue weighted by Gasteiger charge is 2.49. The van der Waals surface area contributed by atoms with Crippen LogP contribution in [0.3, 0.4) is 0 Å². The second-order valence-electron chi connectivity index (χ2n) is 10.4. The van der Waals surface area contributed by atoms with Gasteiger partial charge in [-0.25, -0.2) is 18.4 Å².